The molecular weight excluding hydrogens is 294 g/mol. The fraction of sp³-hybridized carbons (Fsp3) is 0.438. The van der Waals surface area contributed by atoms with Gasteiger partial charge >= 0.3 is 0 Å². The van der Waals surface area contributed by atoms with Crippen LogP contribution in [0.1, 0.15) is 17.0 Å². The molecule has 6 heteroatoms. The highest BCUT2D eigenvalue weighted by atomic mass is 32.2. The maximum Gasteiger partial charge on any atom is 0.197 e. The fourth-order valence-corrected chi connectivity index (χ4v) is 3.74. The normalized spacial score (nSPS) is 20.8. The van der Waals surface area contributed by atoms with E-state index in [-0.39, 0.29) is 0 Å². The molecule has 0 amide bonds. The Bertz CT molecular complexity index is 622. The maximum atomic E-state index is 5.95. The smallest absolute Gasteiger partial charge is 0.197 e. The summed E-state index contributed by atoms with van der Waals surface area (Å²) < 4.78 is 3.49. The molecule has 0 bridgehead atoms. The summed E-state index contributed by atoms with van der Waals surface area (Å²) in [5.41, 5.74) is 15.3. The van der Waals surface area contributed by atoms with Crippen molar-refractivity contribution in [2.75, 3.05) is 18.8 Å². The summed E-state index contributed by atoms with van der Waals surface area (Å²) in [6, 6.07) is 8.55. The van der Waals surface area contributed by atoms with E-state index in [9.17, 15) is 0 Å². The zero-order valence-electron chi connectivity index (χ0n) is 12.8. The molecule has 2 aromatic rings. The van der Waals surface area contributed by atoms with Crippen LogP contribution in [0.2, 0.25) is 0 Å². The zero-order valence-corrected chi connectivity index (χ0v) is 13.6. The van der Waals surface area contributed by atoms with E-state index in [0.717, 1.165) is 25.1 Å². The molecule has 5 nitrogen and oxygen atoms in total. The molecule has 1 aliphatic rings. The number of rotatable bonds is 5. The zero-order chi connectivity index (χ0) is 15.5. The lowest BCUT2D eigenvalue weighted by Crippen LogP contribution is -2.36. The van der Waals surface area contributed by atoms with E-state index in [1.807, 2.05) is 0 Å². The van der Waals surface area contributed by atoms with Gasteiger partial charge in [0.2, 0.25) is 0 Å². The molecule has 0 aliphatic heterocycles. The first kappa shape index (κ1) is 15.4. The second-order valence-electron chi connectivity index (χ2n) is 5.97. The van der Waals surface area contributed by atoms with Gasteiger partial charge in [0.05, 0.1) is 5.69 Å². The lowest BCUT2D eigenvalue weighted by molar-refractivity contribution is 0.312. The highest BCUT2D eigenvalue weighted by molar-refractivity contribution is 7.97. The number of nitrogens with one attached hydrogen (secondary N) is 2. The molecule has 1 aromatic heterocycles. The average Bonchev–Trinajstić information content (AvgIpc) is 2.87. The standard InChI is InChI=1S/C16H23N5S/c1-10-2-4-13(5-3-10)22-19-9-12-7-15-14(6-11(12)8-17)20-16(18)21-15/h2-5,11-12,19H,6-9,17H2,1H3,(H3,18,20,21). The van der Waals surface area contributed by atoms with Crippen molar-refractivity contribution < 1.29 is 0 Å². The second kappa shape index (κ2) is 6.73. The Morgan fingerprint density at radius 1 is 1.27 bits per heavy atom. The molecule has 22 heavy (non-hydrogen) atoms. The molecule has 2 atom stereocenters. The Labute approximate surface area is 135 Å². The van der Waals surface area contributed by atoms with Crippen LogP contribution < -0.4 is 16.2 Å². The molecule has 118 valence electrons. The number of anilines is 1. The van der Waals surface area contributed by atoms with Crippen molar-refractivity contribution >= 4 is 17.9 Å². The van der Waals surface area contributed by atoms with Gasteiger partial charge in [-0.05, 0) is 62.2 Å². The van der Waals surface area contributed by atoms with Crippen molar-refractivity contribution in [2.45, 2.75) is 24.7 Å². The second-order valence-corrected chi connectivity index (χ2v) is 6.94. The topological polar surface area (TPSA) is 92.8 Å². The van der Waals surface area contributed by atoms with Gasteiger partial charge in [0.25, 0.3) is 0 Å². The van der Waals surface area contributed by atoms with E-state index in [1.165, 1.54) is 16.2 Å². The first-order chi connectivity index (χ1) is 10.7. The van der Waals surface area contributed by atoms with E-state index in [0.29, 0.717) is 24.3 Å². The predicted octanol–water partition coefficient (Wildman–Crippen LogP) is 1.89. The summed E-state index contributed by atoms with van der Waals surface area (Å²) in [5.74, 6) is 1.49. The Hall–Kier alpha value is -1.50. The van der Waals surface area contributed by atoms with Crippen molar-refractivity contribution in [1.82, 2.24) is 14.7 Å². The van der Waals surface area contributed by atoms with Crippen LogP contribution in [0.5, 0.6) is 0 Å². The summed E-state index contributed by atoms with van der Waals surface area (Å²) in [6.07, 6.45) is 1.88. The Morgan fingerprint density at radius 2 is 2.05 bits per heavy atom. The first-order valence-corrected chi connectivity index (χ1v) is 8.47. The molecule has 1 aliphatic carbocycles. The van der Waals surface area contributed by atoms with E-state index < -0.39 is 0 Å². The largest absolute Gasteiger partial charge is 0.369 e. The Kier molecular flexibility index (Phi) is 4.71. The number of nitrogens with zero attached hydrogens (tertiary/aromatic N) is 1. The summed E-state index contributed by atoms with van der Waals surface area (Å²) >= 11 is 1.68. The van der Waals surface area contributed by atoms with Crippen LogP contribution in [-0.4, -0.2) is 23.1 Å². The van der Waals surface area contributed by atoms with Gasteiger partial charge < -0.3 is 16.5 Å². The highest BCUT2D eigenvalue weighted by Gasteiger charge is 2.29. The maximum absolute atomic E-state index is 5.95. The van der Waals surface area contributed by atoms with Gasteiger partial charge in [0.15, 0.2) is 5.95 Å². The molecular formula is C16H23N5S. The van der Waals surface area contributed by atoms with Crippen LogP contribution in [0.4, 0.5) is 5.95 Å². The number of imidazole rings is 1. The van der Waals surface area contributed by atoms with Gasteiger partial charge in [-0.25, -0.2) is 4.98 Å². The fourth-order valence-electron chi connectivity index (χ4n) is 3.00. The first-order valence-electron chi connectivity index (χ1n) is 7.65. The molecule has 6 N–H and O–H groups in total. The van der Waals surface area contributed by atoms with Crippen LogP contribution in [0.15, 0.2) is 29.2 Å². The summed E-state index contributed by atoms with van der Waals surface area (Å²) in [7, 11) is 0. The van der Waals surface area contributed by atoms with Crippen molar-refractivity contribution in [3.8, 4) is 0 Å². The number of nitrogen functional groups attached to an aromatic ring is 1. The van der Waals surface area contributed by atoms with E-state index in [1.54, 1.807) is 11.9 Å². The minimum absolute atomic E-state index is 0.460. The molecule has 2 unspecified atom stereocenters. The third-order valence-corrected chi connectivity index (χ3v) is 5.15. The van der Waals surface area contributed by atoms with Gasteiger partial charge in [0.1, 0.15) is 0 Å². The lowest BCUT2D eigenvalue weighted by atomic mass is 9.80. The molecule has 0 fully saturated rings. The van der Waals surface area contributed by atoms with Crippen molar-refractivity contribution in [3.63, 3.8) is 0 Å². The van der Waals surface area contributed by atoms with Gasteiger partial charge in [-0.3, -0.25) is 4.72 Å². The Balaban J connectivity index is 1.58. The summed E-state index contributed by atoms with van der Waals surface area (Å²) in [6.45, 7) is 3.72. The summed E-state index contributed by atoms with van der Waals surface area (Å²) in [4.78, 5) is 8.77. The molecule has 0 saturated carbocycles. The van der Waals surface area contributed by atoms with Crippen molar-refractivity contribution in [2.24, 2.45) is 17.6 Å². The third-order valence-electron chi connectivity index (χ3n) is 4.33. The van der Waals surface area contributed by atoms with E-state index in [4.69, 9.17) is 11.5 Å². The van der Waals surface area contributed by atoms with Crippen LogP contribution in [0.3, 0.4) is 0 Å². The quantitative estimate of drug-likeness (QED) is 0.632. The number of benzene rings is 1. The van der Waals surface area contributed by atoms with Crippen molar-refractivity contribution in [3.05, 3.63) is 41.2 Å². The molecule has 3 rings (SSSR count). The predicted molar refractivity (Wildman–Crippen MR) is 91.5 cm³/mol. The number of hydrogen-bond acceptors (Lipinski definition) is 5. The molecule has 1 aromatic carbocycles. The lowest BCUT2D eigenvalue weighted by Gasteiger charge is -2.30. The monoisotopic (exact) mass is 317 g/mol. The number of aromatic nitrogens is 2. The van der Waals surface area contributed by atoms with Crippen LogP contribution in [0.25, 0.3) is 0 Å². The van der Waals surface area contributed by atoms with Gasteiger partial charge in [-0.15, -0.1) is 0 Å². The van der Waals surface area contributed by atoms with Gasteiger partial charge in [-0.1, -0.05) is 17.7 Å². The summed E-state index contributed by atoms with van der Waals surface area (Å²) in [5, 5.41) is 0. The van der Waals surface area contributed by atoms with Crippen LogP contribution >= 0.6 is 11.9 Å². The average molecular weight is 317 g/mol. The SMILES string of the molecule is Cc1ccc(SNCC2Cc3[nH]c(N)nc3CC2CN)cc1. The number of H-pyrrole nitrogens is 1. The van der Waals surface area contributed by atoms with E-state index in [2.05, 4.69) is 45.9 Å². The minimum atomic E-state index is 0.460. The number of fused-ring (bicyclic) bond motifs is 1. The van der Waals surface area contributed by atoms with Crippen LogP contribution in [-0.2, 0) is 12.8 Å². The number of nitrogens with two attached hydrogens (primary N) is 2. The van der Waals surface area contributed by atoms with E-state index >= 15 is 0 Å². The molecule has 0 saturated heterocycles. The molecule has 0 radical (unpaired) electrons. The number of hydrogen-bond donors (Lipinski definition) is 4. The van der Waals surface area contributed by atoms with Gasteiger partial charge in [-0.2, -0.15) is 0 Å². The highest BCUT2D eigenvalue weighted by Crippen LogP contribution is 2.29. The van der Waals surface area contributed by atoms with Crippen molar-refractivity contribution in [1.29, 1.82) is 0 Å². The third kappa shape index (κ3) is 3.45. The van der Waals surface area contributed by atoms with Crippen LogP contribution in [0, 0.1) is 18.8 Å². The number of aryl methyl sites for hydroxylation is 1. The molecule has 1 heterocycles. The minimum Gasteiger partial charge on any atom is -0.369 e. The number of aromatic amines is 1. The molecule has 0 spiro atoms. The Morgan fingerprint density at radius 3 is 2.77 bits per heavy atom. The van der Waals surface area contributed by atoms with Gasteiger partial charge in [0, 0.05) is 17.1 Å².